The van der Waals surface area contributed by atoms with Crippen molar-refractivity contribution < 1.29 is 9.53 Å². The average Bonchev–Trinajstić information content (AvgIpc) is 2.38. The number of ether oxygens (including phenoxy) is 1. The number of nitrogens with zero attached hydrogens (tertiary/aromatic N) is 1. The van der Waals surface area contributed by atoms with Crippen molar-refractivity contribution in [3.63, 3.8) is 0 Å². The molecule has 0 aromatic heterocycles. The third kappa shape index (κ3) is 4.29. The SMILES string of the molecule is CC(=O)Oc1cccc([C@@H](N2CCNCC2)C(C)(C)C)c1. The van der Waals surface area contributed by atoms with E-state index in [1.807, 2.05) is 18.2 Å². The van der Waals surface area contributed by atoms with E-state index in [0.29, 0.717) is 11.8 Å². The summed E-state index contributed by atoms with van der Waals surface area (Å²) >= 11 is 0. The van der Waals surface area contributed by atoms with Crippen LogP contribution < -0.4 is 10.1 Å². The quantitative estimate of drug-likeness (QED) is 0.686. The van der Waals surface area contributed by atoms with Gasteiger partial charge in [0.2, 0.25) is 0 Å². The summed E-state index contributed by atoms with van der Waals surface area (Å²) in [5.41, 5.74) is 1.33. The molecule has 1 saturated heterocycles. The number of esters is 1. The third-order valence-electron chi connectivity index (χ3n) is 3.77. The molecule has 0 aliphatic carbocycles. The Morgan fingerprint density at radius 2 is 1.95 bits per heavy atom. The number of benzene rings is 1. The predicted molar refractivity (Wildman–Crippen MR) is 84.4 cm³/mol. The van der Waals surface area contributed by atoms with Crippen LogP contribution in [0.25, 0.3) is 0 Å². The van der Waals surface area contributed by atoms with Gasteiger partial charge < -0.3 is 10.1 Å². The van der Waals surface area contributed by atoms with E-state index in [0.717, 1.165) is 26.2 Å². The van der Waals surface area contributed by atoms with Gasteiger partial charge in [-0.05, 0) is 23.1 Å². The standard InChI is InChI=1S/C17H26N2O2/c1-13(20)21-15-7-5-6-14(12-15)16(17(2,3)4)19-10-8-18-9-11-19/h5-7,12,16,18H,8-11H2,1-4H3/t16-/m1/s1. The average molecular weight is 290 g/mol. The Kier molecular flexibility index (Phi) is 5.01. The first-order chi connectivity index (χ1) is 9.88. The molecule has 1 heterocycles. The van der Waals surface area contributed by atoms with Gasteiger partial charge in [0.25, 0.3) is 0 Å². The summed E-state index contributed by atoms with van der Waals surface area (Å²) in [5, 5.41) is 3.40. The molecule has 4 nitrogen and oxygen atoms in total. The highest BCUT2D eigenvalue weighted by Gasteiger charge is 2.32. The van der Waals surface area contributed by atoms with Gasteiger partial charge in [0.1, 0.15) is 5.75 Å². The van der Waals surface area contributed by atoms with Crippen LogP contribution in [0.2, 0.25) is 0 Å². The number of hydrogen-bond donors (Lipinski definition) is 1. The molecular weight excluding hydrogens is 264 g/mol. The fraction of sp³-hybridized carbons (Fsp3) is 0.588. The number of carbonyl (C=O) groups excluding carboxylic acids is 1. The van der Waals surface area contributed by atoms with Crippen LogP contribution in [0.1, 0.15) is 39.3 Å². The fourth-order valence-electron chi connectivity index (χ4n) is 3.11. The van der Waals surface area contributed by atoms with E-state index < -0.39 is 0 Å². The number of carbonyl (C=O) groups is 1. The number of nitrogens with one attached hydrogen (secondary N) is 1. The van der Waals surface area contributed by atoms with Gasteiger partial charge in [-0.1, -0.05) is 32.9 Å². The Morgan fingerprint density at radius 3 is 2.52 bits per heavy atom. The molecule has 1 atom stereocenters. The van der Waals surface area contributed by atoms with Gasteiger partial charge in [0, 0.05) is 39.1 Å². The lowest BCUT2D eigenvalue weighted by atomic mass is 9.81. The number of piperazine rings is 1. The summed E-state index contributed by atoms with van der Waals surface area (Å²) < 4.78 is 5.24. The minimum Gasteiger partial charge on any atom is -0.427 e. The molecule has 1 fully saturated rings. The Hall–Kier alpha value is -1.39. The molecule has 21 heavy (non-hydrogen) atoms. The van der Waals surface area contributed by atoms with E-state index >= 15 is 0 Å². The van der Waals surface area contributed by atoms with E-state index in [2.05, 4.69) is 37.1 Å². The smallest absolute Gasteiger partial charge is 0.308 e. The van der Waals surface area contributed by atoms with E-state index in [1.54, 1.807) is 0 Å². The fourth-order valence-corrected chi connectivity index (χ4v) is 3.11. The van der Waals surface area contributed by atoms with Crippen molar-refractivity contribution in [2.45, 2.75) is 33.7 Å². The summed E-state index contributed by atoms with van der Waals surface area (Å²) in [6.07, 6.45) is 0. The first kappa shape index (κ1) is 16.0. The Labute approximate surface area is 127 Å². The van der Waals surface area contributed by atoms with Gasteiger partial charge in [-0.3, -0.25) is 9.69 Å². The first-order valence-corrected chi connectivity index (χ1v) is 7.61. The number of rotatable bonds is 3. The maximum atomic E-state index is 11.2. The van der Waals surface area contributed by atoms with Crippen LogP contribution >= 0.6 is 0 Å². The molecule has 1 aliphatic heterocycles. The zero-order valence-corrected chi connectivity index (χ0v) is 13.5. The molecule has 0 unspecified atom stereocenters. The highest BCUT2D eigenvalue weighted by Crippen LogP contribution is 2.39. The molecular formula is C17H26N2O2. The van der Waals surface area contributed by atoms with Gasteiger partial charge in [0.05, 0.1) is 0 Å². The van der Waals surface area contributed by atoms with Gasteiger partial charge in [0.15, 0.2) is 0 Å². The molecule has 4 heteroatoms. The molecule has 0 bridgehead atoms. The predicted octanol–water partition coefficient (Wildman–Crippen LogP) is 2.60. The Bertz CT molecular complexity index is 488. The van der Waals surface area contributed by atoms with Crippen LogP contribution in [0, 0.1) is 5.41 Å². The highest BCUT2D eigenvalue weighted by atomic mass is 16.5. The molecule has 1 N–H and O–H groups in total. The van der Waals surface area contributed by atoms with Crippen molar-refractivity contribution in [2.24, 2.45) is 5.41 Å². The van der Waals surface area contributed by atoms with Crippen LogP contribution in [0.15, 0.2) is 24.3 Å². The van der Waals surface area contributed by atoms with E-state index in [-0.39, 0.29) is 11.4 Å². The van der Waals surface area contributed by atoms with Crippen LogP contribution in [0.4, 0.5) is 0 Å². The Morgan fingerprint density at radius 1 is 1.29 bits per heavy atom. The lowest BCUT2D eigenvalue weighted by molar-refractivity contribution is -0.131. The summed E-state index contributed by atoms with van der Waals surface area (Å²) in [6, 6.07) is 8.25. The molecule has 1 aliphatic rings. The molecule has 0 amide bonds. The van der Waals surface area contributed by atoms with Crippen LogP contribution in [0.5, 0.6) is 5.75 Å². The normalized spacial score (nSPS) is 18.3. The van der Waals surface area contributed by atoms with Crippen LogP contribution in [-0.4, -0.2) is 37.0 Å². The van der Waals surface area contributed by atoms with Gasteiger partial charge in [-0.25, -0.2) is 0 Å². The van der Waals surface area contributed by atoms with E-state index in [1.165, 1.54) is 12.5 Å². The Balaban J connectivity index is 2.30. The zero-order chi connectivity index (χ0) is 15.5. The van der Waals surface area contributed by atoms with Gasteiger partial charge >= 0.3 is 5.97 Å². The van der Waals surface area contributed by atoms with Crippen molar-refractivity contribution in [3.8, 4) is 5.75 Å². The van der Waals surface area contributed by atoms with Crippen molar-refractivity contribution in [3.05, 3.63) is 29.8 Å². The summed E-state index contributed by atoms with van der Waals surface area (Å²) in [4.78, 5) is 13.7. The second-order valence-electron chi connectivity index (χ2n) is 6.72. The second kappa shape index (κ2) is 6.58. The molecule has 1 aromatic carbocycles. The number of hydrogen-bond acceptors (Lipinski definition) is 4. The van der Waals surface area contributed by atoms with Crippen molar-refractivity contribution in [1.29, 1.82) is 0 Å². The van der Waals surface area contributed by atoms with E-state index in [9.17, 15) is 4.79 Å². The third-order valence-corrected chi connectivity index (χ3v) is 3.77. The van der Waals surface area contributed by atoms with Crippen LogP contribution in [0.3, 0.4) is 0 Å². The van der Waals surface area contributed by atoms with E-state index in [4.69, 9.17) is 4.74 Å². The van der Waals surface area contributed by atoms with Crippen LogP contribution in [-0.2, 0) is 4.79 Å². The maximum Gasteiger partial charge on any atom is 0.308 e. The first-order valence-electron chi connectivity index (χ1n) is 7.61. The topological polar surface area (TPSA) is 41.6 Å². The zero-order valence-electron chi connectivity index (χ0n) is 13.5. The van der Waals surface area contributed by atoms with Crippen molar-refractivity contribution in [2.75, 3.05) is 26.2 Å². The monoisotopic (exact) mass is 290 g/mol. The molecule has 0 radical (unpaired) electrons. The molecule has 2 rings (SSSR count). The highest BCUT2D eigenvalue weighted by molar-refractivity contribution is 5.69. The molecule has 0 saturated carbocycles. The summed E-state index contributed by atoms with van der Waals surface area (Å²) in [5.74, 6) is 0.353. The largest absolute Gasteiger partial charge is 0.427 e. The summed E-state index contributed by atoms with van der Waals surface area (Å²) in [6.45, 7) is 12.4. The molecule has 1 aromatic rings. The maximum absolute atomic E-state index is 11.2. The summed E-state index contributed by atoms with van der Waals surface area (Å²) in [7, 11) is 0. The van der Waals surface area contributed by atoms with Crippen molar-refractivity contribution in [1.82, 2.24) is 10.2 Å². The van der Waals surface area contributed by atoms with Gasteiger partial charge in [-0.2, -0.15) is 0 Å². The van der Waals surface area contributed by atoms with Crippen molar-refractivity contribution >= 4 is 5.97 Å². The second-order valence-corrected chi connectivity index (χ2v) is 6.72. The minimum atomic E-state index is -0.276. The lowest BCUT2D eigenvalue weighted by Crippen LogP contribution is -2.48. The minimum absolute atomic E-state index is 0.117. The molecule has 0 spiro atoms. The van der Waals surface area contributed by atoms with Gasteiger partial charge in [-0.15, -0.1) is 0 Å². The lowest BCUT2D eigenvalue weighted by Gasteiger charge is -2.42. The molecule has 116 valence electrons.